The fourth-order valence-electron chi connectivity index (χ4n) is 0.619. The summed E-state index contributed by atoms with van der Waals surface area (Å²) >= 11 is 0. The SMILES string of the molecule is CC=CCC(O)C(C)(C)C. The summed E-state index contributed by atoms with van der Waals surface area (Å²) in [5, 5.41) is 9.47. The Morgan fingerprint density at radius 2 is 1.90 bits per heavy atom. The summed E-state index contributed by atoms with van der Waals surface area (Å²) in [6, 6.07) is 0. The smallest absolute Gasteiger partial charge is 0.0622 e. The summed E-state index contributed by atoms with van der Waals surface area (Å²) in [6.45, 7) is 8.10. The van der Waals surface area contributed by atoms with Crippen LogP contribution in [0.15, 0.2) is 12.2 Å². The highest BCUT2D eigenvalue weighted by Crippen LogP contribution is 2.21. The fourth-order valence-corrected chi connectivity index (χ4v) is 0.619. The Morgan fingerprint density at radius 1 is 1.40 bits per heavy atom. The van der Waals surface area contributed by atoms with Gasteiger partial charge in [0, 0.05) is 0 Å². The van der Waals surface area contributed by atoms with E-state index in [-0.39, 0.29) is 11.5 Å². The second-order valence-corrected chi connectivity index (χ2v) is 3.69. The van der Waals surface area contributed by atoms with E-state index in [1.54, 1.807) is 0 Å². The van der Waals surface area contributed by atoms with Crippen molar-refractivity contribution < 1.29 is 5.11 Å². The zero-order valence-electron chi connectivity index (χ0n) is 7.39. The van der Waals surface area contributed by atoms with E-state index in [9.17, 15) is 5.11 Å². The molecular weight excluding hydrogens is 124 g/mol. The third-order valence-electron chi connectivity index (χ3n) is 1.59. The molecule has 10 heavy (non-hydrogen) atoms. The predicted molar refractivity (Wildman–Crippen MR) is 44.9 cm³/mol. The quantitative estimate of drug-likeness (QED) is 0.587. The predicted octanol–water partition coefficient (Wildman–Crippen LogP) is 2.36. The van der Waals surface area contributed by atoms with Gasteiger partial charge in [-0.1, -0.05) is 32.9 Å². The minimum absolute atomic E-state index is 0.0134. The van der Waals surface area contributed by atoms with Crippen LogP contribution >= 0.6 is 0 Å². The standard InChI is InChI=1S/C9H18O/c1-5-6-7-8(10)9(2,3)4/h5-6,8,10H,7H2,1-4H3. The normalized spacial score (nSPS) is 16.1. The first-order valence-corrected chi connectivity index (χ1v) is 3.77. The van der Waals surface area contributed by atoms with Crippen LogP contribution in [-0.2, 0) is 0 Å². The van der Waals surface area contributed by atoms with E-state index in [0.717, 1.165) is 6.42 Å². The lowest BCUT2D eigenvalue weighted by Gasteiger charge is -2.24. The lowest BCUT2D eigenvalue weighted by Crippen LogP contribution is -2.24. The van der Waals surface area contributed by atoms with Crippen molar-refractivity contribution in [3.63, 3.8) is 0 Å². The molecule has 0 aliphatic carbocycles. The van der Waals surface area contributed by atoms with Crippen molar-refractivity contribution >= 4 is 0 Å². The van der Waals surface area contributed by atoms with Gasteiger partial charge in [-0.15, -0.1) is 0 Å². The second kappa shape index (κ2) is 3.77. The average molecular weight is 142 g/mol. The number of rotatable bonds is 2. The molecule has 0 aliphatic heterocycles. The number of hydrogen-bond donors (Lipinski definition) is 1. The molecule has 1 N–H and O–H groups in total. The molecule has 1 unspecified atom stereocenters. The molecule has 0 aromatic rings. The molecule has 0 radical (unpaired) electrons. The van der Waals surface area contributed by atoms with Gasteiger partial charge in [-0.25, -0.2) is 0 Å². The number of aliphatic hydroxyl groups excluding tert-OH is 1. The van der Waals surface area contributed by atoms with Crippen molar-refractivity contribution in [2.24, 2.45) is 5.41 Å². The van der Waals surface area contributed by atoms with Crippen molar-refractivity contribution in [3.05, 3.63) is 12.2 Å². The van der Waals surface area contributed by atoms with Gasteiger partial charge in [-0.2, -0.15) is 0 Å². The highest BCUT2D eigenvalue weighted by atomic mass is 16.3. The number of aliphatic hydroxyl groups is 1. The fraction of sp³-hybridized carbons (Fsp3) is 0.778. The first kappa shape index (κ1) is 9.70. The summed E-state index contributed by atoms with van der Waals surface area (Å²) < 4.78 is 0. The van der Waals surface area contributed by atoms with Gasteiger partial charge < -0.3 is 5.11 Å². The Balaban J connectivity index is 3.73. The molecule has 0 saturated carbocycles. The van der Waals surface area contributed by atoms with Crippen molar-refractivity contribution in [2.75, 3.05) is 0 Å². The van der Waals surface area contributed by atoms with Gasteiger partial charge in [-0.05, 0) is 18.8 Å². The largest absolute Gasteiger partial charge is 0.392 e. The Bertz CT molecular complexity index is 108. The van der Waals surface area contributed by atoms with Gasteiger partial charge in [0.15, 0.2) is 0 Å². The highest BCUT2D eigenvalue weighted by molar-refractivity contribution is 4.84. The van der Waals surface area contributed by atoms with E-state index < -0.39 is 0 Å². The van der Waals surface area contributed by atoms with Crippen molar-refractivity contribution in [3.8, 4) is 0 Å². The lowest BCUT2D eigenvalue weighted by molar-refractivity contribution is 0.0659. The van der Waals surface area contributed by atoms with Crippen LogP contribution < -0.4 is 0 Å². The van der Waals surface area contributed by atoms with Crippen LogP contribution in [0.1, 0.15) is 34.1 Å². The van der Waals surface area contributed by atoms with Crippen molar-refractivity contribution in [1.82, 2.24) is 0 Å². The Kier molecular flexibility index (Phi) is 3.66. The Morgan fingerprint density at radius 3 is 2.20 bits per heavy atom. The maximum atomic E-state index is 9.47. The molecule has 0 aliphatic rings. The maximum Gasteiger partial charge on any atom is 0.0622 e. The third kappa shape index (κ3) is 3.67. The van der Waals surface area contributed by atoms with Crippen LogP contribution in [0, 0.1) is 5.41 Å². The lowest BCUT2D eigenvalue weighted by atomic mass is 9.87. The van der Waals surface area contributed by atoms with Gasteiger partial charge >= 0.3 is 0 Å². The van der Waals surface area contributed by atoms with Crippen LogP contribution in [-0.4, -0.2) is 11.2 Å². The van der Waals surface area contributed by atoms with Gasteiger partial charge in [0.2, 0.25) is 0 Å². The monoisotopic (exact) mass is 142 g/mol. The summed E-state index contributed by atoms with van der Waals surface area (Å²) in [5.74, 6) is 0. The molecule has 0 spiro atoms. The number of hydrogen-bond acceptors (Lipinski definition) is 1. The molecule has 0 aromatic heterocycles. The van der Waals surface area contributed by atoms with Crippen LogP contribution in [0.25, 0.3) is 0 Å². The molecule has 60 valence electrons. The molecule has 0 aromatic carbocycles. The first-order chi connectivity index (χ1) is 4.48. The molecule has 0 saturated heterocycles. The molecule has 1 nitrogen and oxygen atoms in total. The minimum atomic E-state index is -0.219. The molecule has 0 amide bonds. The van der Waals surface area contributed by atoms with Gasteiger partial charge in [0.25, 0.3) is 0 Å². The summed E-state index contributed by atoms with van der Waals surface area (Å²) in [4.78, 5) is 0. The molecule has 1 atom stereocenters. The molecule has 0 rings (SSSR count). The van der Waals surface area contributed by atoms with Crippen molar-refractivity contribution in [1.29, 1.82) is 0 Å². The Labute approximate surface area is 63.8 Å². The Hall–Kier alpha value is -0.300. The first-order valence-electron chi connectivity index (χ1n) is 3.77. The van der Waals surface area contributed by atoms with Crippen LogP contribution in [0.4, 0.5) is 0 Å². The van der Waals surface area contributed by atoms with E-state index >= 15 is 0 Å². The second-order valence-electron chi connectivity index (χ2n) is 3.69. The van der Waals surface area contributed by atoms with E-state index in [4.69, 9.17) is 0 Å². The molecular formula is C9H18O. The van der Waals surface area contributed by atoms with Gasteiger partial charge in [0.05, 0.1) is 6.10 Å². The van der Waals surface area contributed by atoms with Crippen molar-refractivity contribution in [2.45, 2.75) is 40.2 Å². The summed E-state index contributed by atoms with van der Waals surface area (Å²) in [6.07, 6.45) is 4.51. The van der Waals surface area contributed by atoms with Crippen LogP contribution in [0.3, 0.4) is 0 Å². The topological polar surface area (TPSA) is 20.2 Å². The van der Waals surface area contributed by atoms with Gasteiger partial charge in [0.1, 0.15) is 0 Å². The molecule has 0 fully saturated rings. The molecule has 0 bridgehead atoms. The zero-order valence-corrected chi connectivity index (χ0v) is 7.39. The van der Waals surface area contributed by atoms with E-state index in [0.29, 0.717) is 0 Å². The van der Waals surface area contributed by atoms with E-state index in [2.05, 4.69) is 0 Å². The maximum absolute atomic E-state index is 9.47. The number of allylic oxidation sites excluding steroid dienone is 1. The van der Waals surface area contributed by atoms with Crippen LogP contribution in [0.2, 0.25) is 0 Å². The molecule has 1 heteroatoms. The van der Waals surface area contributed by atoms with E-state index in [1.165, 1.54) is 0 Å². The van der Waals surface area contributed by atoms with Crippen LogP contribution in [0.5, 0.6) is 0 Å². The van der Waals surface area contributed by atoms with Gasteiger partial charge in [-0.3, -0.25) is 0 Å². The zero-order chi connectivity index (χ0) is 8.20. The highest BCUT2D eigenvalue weighted by Gasteiger charge is 2.19. The van der Waals surface area contributed by atoms with E-state index in [1.807, 2.05) is 39.8 Å². The minimum Gasteiger partial charge on any atom is -0.392 e. The third-order valence-corrected chi connectivity index (χ3v) is 1.59. The molecule has 0 heterocycles. The summed E-state index contributed by atoms with van der Waals surface area (Å²) in [7, 11) is 0. The summed E-state index contributed by atoms with van der Waals surface area (Å²) in [5.41, 5.74) is 0.0134. The average Bonchev–Trinajstić information content (AvgIpc) is 1.80.